The summed E-state index contributed by atoms with van der Waals surface area (Å²) in [6, 6.07) is 8.19. The molecule has 1 amide bonds. The maximum atomic E-state index is 12.0. The highest BCUT2D eigenvalue weighted by Gasteiger charge is 2.27. The van der Waals surface area contributed by atoms with Crippen LogP contribution < -0.4 is 10.6 Å². The van der Waals surface area contributed by atoms with E-state index in [0.29, 0.717) is 19.4 Å². The lowest BCUT2D eigenvalue weighted by Crippen LogP contribution is -2.30. The Morgan fingerprint density at radius 2 is 2.08 bits per heavy atom. The van der Waals surface area contributed by atoms with Gasteiger partial charge in [-0.25, -0.2) is 8.42 Å². The molecule has 1 aliphatic heterocycles. The smallest absolute Gasteiger partial charge is 0.263 e. The van der Waals surface area contributed by atoms with Gasteiger partial charge in [0.2, 0.25) is 0 Å². The molecule has 0 aliphatic carbocycles. The van der Waals surface area contributed by atoms with Crippen LogP contribution in [0.1, 0.15) is 12.0 Å². The number of hydrogen-bond donors (Lipinski definition) is 3. The number of nitrogens with zero attached hydrogens (tertiary/aromatic N) is 1. The van der Waals surface area contributed by atoms with E-state index in [0.717, 1.165) is 5.56 Å². The summed E-state index contributed by atoms with van der Waals surface area (Å²) >= 11 is 0. The predicted molar refractivity (Wildman–Crippen MR) is 88.7 cm³/mol. The Kier molecular flexibility index (Phi) is 5.82. The van der Waals surface area contributed by atoms with Crippen LogP contribution in [-0.2, 0) is 21.1 Å². The fraction of sp³-hybridized carbons (Fsp3) is 0.375. The van der Waals surface area contributed by atoms with Gasteiger partial charge in [0.25, 0.3) is 5.91 Å². The summed E-state index contributed by atoms with van der Waals surface area (Å²) in [5, 5.41) is 23.7. The fourth-order valence-corrected chi connectivity index (χ4v) is 4.04. The Bertz CT molecular complexity index is 764. The Balaban J connectivity index is 1.81. The molecule has 8 heteroatoms. The zero-order valence-electron chi connectivity index (χ0n) is 13.0. The summed E-state index contributed by atoms with van der Waals surface area (Å²) in [7, 11) is -3.01. The second-order valence-electron chi connectivity index (χ2n) is 5.61. The number of carbonyl (C=O) groups is 1. The van der Waals surface area contributed by atoms with E-state index >= 15 is 0 Å². The molecule has 1 aromatic rings. The van der Waals surface area contributed by atoms with Gasteiger partial charge in [0.05, 0.1) is 11.5 Å². The predicted octanol–water partition coefficient (Wildman–Crippen LogP) is 0.235. The first kappa shape index (κ1) is 17.8. The molecule has 1 heterocycles. The monoisotopic (exact) mass is 349 g/mol. The molecule has 0 aromatic heterocycles. The first-order valence-corrected chi connectivity index (χ1v) is 9.34. The van der Waals surface area contributed by atoms with Gasteiger partial charge in [0.1, 0.15) is 17.4 Å². The first-order chi connectivity index (χ1) is 11.4. The molecule has 24 heavy (non-hydrogen) atoms. The van der Waals surface area contributed by atoms with Gasteiger partial charge in [-0.2, -0.15) is 5.26 Å². The minimum absolute atomic E-state index is 0.0185. The van der Waals surface area contributed by atoms with Crippen LogP contribution in [0.3, 0.4) is 0 Å². The van der Waals surface area contributed by atoms with Crippen molar-refractivity contribution in [2.75, 3.05) is 18.1 Å². The third-order valence-electron chi connectivity index (χ3n) is 3.70. The van der Waals surface area contributed by atoms with E-state index in [2.05, 4.69) is 10.6 Å². The Labute approximate surface area is 140 Å². The van der Waals surface area contributed by atoms with E-state index in [1.165, 1.54) is 6.20 Å². The van der Waals surface area contributed by atoms with Gasteiger partial charge in [0, 0.05) is 18.8 Å². The number of phenols is 1. The summed E-state index contributed by atoms with van der Waals surface area (Å²) in [5.74, 6) is -0.189. The van der Waals surface area contributed by atoms with Crippen molar-refractivity contribution in [2.45, 2.75) is 18.9 Å². The molecule has 1 aromatic carbocycles. The van der Waals surface area contributed by atoms with Crippen LogP contribution in [0.4, 0.5) is 0 Å². The van der Waals surface area contributed by atoms with Crippen molar-refractivity contribution in [3.8, 4) is 11.8 Å². The average Bonchev–Trinajstić information content (AvgIpc) is 2.89. The molecule has 1 saturated heterocycles. The SMILES string of the molecule is N#C/C(=C/NC1CCS(=O)(=O)C1)C(=O)NCCc1ccc(O)cc1. The molecule has 128 valence electrons. The summed E-state index contributed by atoms with van der Waals surface area (Å²) in [6.07, 6.45) is 2.32. The molecular formula is C16H19N3O4S. The van der Waals surface area contributed by atoms with Crippen molar-refractivity contribution < 1.29 is 18.3 Å². The molecule has 0 radical (unpaired) electrons. The molecule has 0 bridgehead atoms. The Hall–Kier alpha value is -2.53. The molecule has 1 aliphatic rings. The zero-order valence-corrected chi connectivity index (χ0v) is 13.8. The van der Waals surface area contributed by atoms with E-state index < -0.39 is 15.7 Å². The van der Waals surface area contributed by atoms with Crippen LogP contribution in [0.25, 0.3) is 0 Å². The highest BCUT2D eigenvalue weighted by Crippen LogP contribution is 2.11. The summed E-state index contributed by atoms with van der Waals surface area (Å²) < 4.78 is 22.7. The largest absolute Gasteiger partial charge is 0.508 e. The lowest BCUT2D eigenvalue weighted by atomic mass is 10.1. The van der Waals surface area contributed by atoms with Crippen LogP contribution in [0.2, 0.25) is 0 Å². The number of aromatic hydroxyl groups is 1. The number of carbonyl (C=O) groups excluding carboxylic acids is 1. The number of phenolic OH excluding ortho intramolecular Hbond substituents is 1. The normalized spacial score (nSPS) is 19.5. The fourth-order valence-electron chi connectivity index (χ4n) is 2.35. The number of amides is 1. The van der Waals surface area contributed by atoms with Crippen LogP contribution in [0.5, 0.6) is 5.75 Å². The molecule has 7 nitrogen and oxygen atoms in total. The summed E-state index contributed by atoms with van der Waals surface area (Å²) in [4.78, 5) is 12.0. The van der Waals surface area contributed by atoms with Crippen LogP contribution in [0.15, 0.2) is 36.0 Å². The van der Waals surface area contributed by atoms with E-state index in [4.69, 9.17) is 5.26 Å². The van der Waals surface area contributed by atoms with E-state index in [9.17, 15) is 18.3 Å². The average molecular weight is 349 g/mol. The zero-order chi connectivity index (χ0) is 17.6. The van der Waals surface area contributed by atoms with Crippen LogP contribution in [0, 0.1) is 11.3 Å². The van der Waals surface area contributed by atoms with Crippen molar-refractivity contribution >= 4 is 15.7 Å². The molecule has 2 rings (SSSR count). The third kappa shape index (κ3) is 5.28. The van der Waals surface area contributed by atoms with E-state index in [-0.39, 0.29) is 28.9 Å². The Morgan fingerprint density at radius 3 is 2.67 bits per heavy atom. The van der Waals surface area contributed by atoms with Gasteiger partial charge < -0.3 is 15.7 Å². The minimum Gasteiger partial charge on any atom is -0.508 e. The molecule has 1 atom stereocenters. The number of hydrogen-bond acceptors (Lipinski definition) is 6. The minimum atomic E-state index is -3.01. The van der Waals surface area contributed by atoms with Crippen molar-refractivity contribution in [1.29, 1.82) is 5.26 Å². The third-order valence-corrected chi connectivity index (χ3v) is 5.46. The molecule has 1 unspecified atom stereocenters. The van der Waals surface area contributed by atoms with Gasteiger partial charge in [-0.1, -0.05) is 12.1 Å². The van der Waals surface area contributed by atoms with Gasteiger partial charge in [-0.15, -0.1) is 0 Å². The van der Waals surface area contributed by atoms with Crippen molar-refractivity contribution in [3.63, 3.8) is 0 Å². The molecular weight excluding hydrogens is 330 g/mol. The van der Waals surface area contributed by atoms with Crippen molar-refractivity contribution in [1.82, 2.24) is 10.6 Å². The second kappa shape index (κ2) is 7.84. The number of rotatable bonds is 6. The van der Waals surface area contributed by atoms with Gasteiger partial charge >= 0.3 is 0 Å². The van der Waals surface area contributed by atoms with E-state index in [1.807, 2.05) is 0 Å². The maximum Gasteiger partial charge on any atom is 0.263 e. The lowest BCUT2D eigenvalue weighted by Gasteiger charge is -2.09. The molecule has 3 N–H and O–H groups in total. The quantitative estimate of drug-likeness (QED) is 0.500. The van der Waals surface area contributed by atoms with Gasteiger partial charge in [0.15, 0.2) is 9.84 Å². The van der Waals surface area contributed by atoms with Gasteiger partial charge in [-0.05, 0) is 30.5 Å². The molecule has 1 fully saturated rings. The number of nitriles is 1. The highest BCUT2D eigenvalue weighted by molar-refractivity contribution is 7.91. The first-order valence-electron chi connectivity index (χ1n) is 7.52. The number of nitrogens with one attached hydrogen (secondary N) is 2. The van der Waals surface area contributed by atoms with Crippen molar-refractivity contribution in [2.24, 2.45) is 0 Å². The number of benzene rings is 1. The van der Waals surface area contributed by atoms with Crippen molar-refractivity contribution in [3.05, 3.63) is 41.6 Å². The Morgan fingerprint density at radius 1 is 1.38 bits per heavy atom. The summed E-state index contributed by atoms with van der Waals surface area (Å²) in [6.45, 7) is 0.348. The van der Waals surface area contributed by atoms with Crippen LogP contribution in [-0.4, -0.2) is 43.5 Å². The standard InChI is InChI=1S/C16H19N3O4S/c17-9-13(10-19-14-6-8-24(22,23)11-14)16(21)18-7-5-12-1-3-15(20)4-2-12/h1-4,10,14,19-20H,5-8,11H2,(H,18,21)/b13-10-. The second-order valence-corrected chi connectivity index (χ2v) is 7.84. The summed E-state index contributed by atoms with van der Waals surface area (Å²) in [5.41, 5.74) is 0.856. The molecule has 0 saturated carbocycles. The van der Waals surface area contributed by atoms with Crippen LogP contribution >= 0.6 is 0 Å². The van der Waals surface area contributed by atoms with E-state index in [1.54, 1.807) is 30.3 Å². The lowest BCUT2D eigenvalue weighted by molar-refractivity contribution is -0.117. The maximum absolute atomic E-state index is 12.0. The van der Waals surface area contributed by atoms with Gasteiger partial charge in [-0.3, -0.25) is 4.79 Å². The molecule has 0 spiro atoms. The topological polar surface area (TPSA) is 119 Å². The number of sulfone groups is 1. The highest BCUT2D eigenvalue weighted by atomic mass is 32.2.